The fraction of sp³-hybridized carbons (Fsp3) is 0.250. The van der Waals surface area contributed by atoms with Gasteiger partial charge in [-0.15, -0.1) is 0 Å². The number of aryl methyl sites for hydroxylation is 2. The van der Waals surface area contributed by atoms with Gasteiger partial charge in [0, 0.05) is 4.47 Å². The Balaban J connectivity index is 2.49. The molecule has 2 rings (SSSR count). The number of aliphatic hydroxyl groups is 1. The van der Waals surface area contributed by atoms with Crippen molar-refractivity contribution in [3.8, 4) is 0 Å². The Morgan fingerprint density at radius 2 is 1.39 bits per heavy atom. The normalized spacial score (nSPS) is 14.3. The minimum absolute atomic E-state index is 0.899. The van der Waals surface area contributed by atoms with E-state index in [1.807, 2.05) is 57.2 Å². The lowest BCUT2D eigenvalue weighted by Gasteiger charge is -2.25. The SMILES string of the molecule is Cc1cc(C)cc(C(C)(O)c2ccc(Br)cc2)c1. The largest absolute Gasteiger partial charge is 0.381 e. The van der Waals surface area contributed by atoms with E-state index in [-0.39, 0.29) is 0 Å². The van der Waals surface area contributed by atoms with E-state index >= 15 is 0 Å². The highest BCUT2D eigenvalue weighted by Crippen LogP contribution is 2.31. The van der Waals surface area contributed by atoms with Crippen LogP contribution in [-0.4, -0.2) is 5.11 Å². The molecule has 0 aliphatic rings. The van der Waals surface area contributed by atoms with Crippen LogP contribution < -0.4 is 0 Å². The van der Waals surface area contributed by atoms with E-state index < -0.39 is 5.60 Å². The van der Waals surface area contributed by atoms with Gasteiger partial charge in [-0.2, -0.15) is 0 Å². The Hall–Kier alpha value is -1.12. The highest BCUT2D eigenvalue weighted by atomic mass is 79.9. The van der Waals surface area contributed by atoms with E-state index in [9.17, 15) is 5.11 Å². The average molecular weight is 305 g/mol. The van der Waals surface area contributed by atoms with Crippen LogP contribution in [0.25, 0.3) is 0 Å². The summed E-state index contributed by atoms with van der Waals surface area (Å²) in [6, 6.07) is 14.0. The van der Waals surface area contributed by atoms with Crippen molar-refractivity contribution in [1.29, 1.82) is 0 Å². The van der Waals surface area contributed by atoms with E-state index in [0.29, 0.717) is 0 Å². The molecule has 0 saturated heterocycles. The van der Waals surface area contributed by atoms with E-state index in [2.05, 4.69) is 22.0 Å². The van der Waals surface area contributed by atoms with Crippen LogP contribution in [0, 0.1) is 13.8 Å². The molecule has 1 nitrogen and oxygen atoms in total. The third kappa shape index (κ3) is 2.65. The summed E-state index contributed by atoms with van der Waals surface area (Å²) < 4.78 is 1.02. The lowest BCUT2D eigenvalue weighted by Crippen LogP contribution is -2.23. The van der Waals surface area contributed by atoms with Gasteiger partial charge in [-0.1, -0.05) is 57.4 Å². The maximum Gasteiger partial charge on any atom is 0.112 e. The van der Waals surface area contributed by atoms with Crippen LogP contribution in [0.15, 0.2) is 46.9 Å². The fourth-order valence-corrected chi connectivity index (χ4v) is 2.46. The van der Waals surface area contributed by atoms with Gasteiger partial charge in [0.15, 0.2) is 0 Å². The Morgan fingerprint density at radius 1 is 0.889 bits per heavy atom. The van der Waals surface area contributed by atoms with Crippen molar-refractivity contribution in [3.05, 3.63) is 69.2 Å². The molecular weight excluding hydrogens is 288 g/mol. The number of benzene rings is 2. The number of hydrogen-bond acceptors (Lipinski definition) is 1. The zero-order valence-corrected chi connectivity index (χ0v) is 12.5. The van der Waals surface area contributed by atoms with Gasteiger partial charge in [0.1, 0.15) is 5.60 Å². The smallest absolute Gasteiger partial charge is 0.112 e. The van der Waals surface area contributed by atoms with Crippen LogP contribution in [-0.2, 0) is 5.60 Å². The first kappa shape index (κ1) is 13.3. The molecule has 0 amide bonds. The molecule has 0 aliphatic heterocycles. The summed E-state index contributed by atoms with van der Waals surface area (Å²) in [6.07, 6.45) is 0. The molecule has 0 aromatic heterocycles. The summed E-state index contributed by atoms with van der Waals surface area (Å²) >= 11 is 3.41. The molecule has 0 aliphatic carbocycles. The lowest BCUT2D eigenvalue weighted by molar-refractivity contribution is 0.102. The second-order valence-corrected chi connectivity index (χ2v) is 5.87. The van der Waals surface area contributed by atoms with E-state index in [4.69, 9.17) is 0 Å². The molecule has 2 aromatic carbocycles. The van der Waals surface area contributed by atoms with Crippen molar-refractivity contribution in [2.75, 3.05) is 0 Å². The maximum atomic E-state index is 10.8. The fourth-order valence-electron chi connectivity index (χ4n) is 2.20. The van der Waals surface area contributed by atoms with Gasteiger partial charge in [-0.3, -0.25) is 0 Å². The van der Waals surface area contributed by atoms with Crippen molar-refractivity contribution in [1.82, 2.24) is 0 Å². The number of rotatable bonds is 2. The van der Waals surface area contributed by atoms with Gasteiger partial charge in [-0.05, 0) is 44.0 Å². The monoisotopic (exact) mass is 304 g/mol. The first-order valence-electron chi connectivity index (χ1n) is 5.97. The molecule has 18 heavy (non-hydrogen) atoms. The molecule has 0 saturated carbocycles. The zero-order chi connectivity index (χ0) is 13.3. The molecule has 1 unspecified atom stereocenters. The van der Waals surface area contributed by atoms with Gasteiger partial charge >= 0.3 is 0 Å². The third-order valence-corrected chi connectivity index (χ3v) is 3.72. The standard InChI is InChI=1S/C16H17BrO/c1-11-8-12(2)10-14(9-11)16(3,18)13-4-6-15(17)7-5-13/h4-10,18H,1-3H3. The van der Waals surface area contributed by atoms with E-state index in [0.717, 1.165) is 15.6 Å². The zero-order valence-electron chi connectivity index (χ0n) is 10.9. The molecule has 0 fully saturated rings. The van der Waals surface area contributed by atoms with Crippen LogP contribution in [0.2, 0.25) is 0 Å². The van der Waals surface area contributed by atoms with Gasteiger partial charge in [0.2, 0.25) is 0 Å². The topological polar surface area (TPSA) is 20.2 Å². The highest BCUT2D eigenvalue weighted by molar-refractivity contribution is 9.10. The van der Waals surface area contributed by atoms with Crippen molar-refractivity contribution < 1.29 is 5.11 Å². The van der Waals surface area contributed by atoms with Crippen molar-refractivity contribution >= 4 is 15.9 Å². The second-order valence-electron chi connectivity index (χ2n) is 4.96. The molecule has 0 heterocycles. The Morgan fingerprint density at radius 3 is 1.89 bits per heavy atom. The molecule has 0 radical (unpaired) electrons. The molecule has 0 spiro atoms. The summed E-state index contributed by atoms with van der Waals surface area (Å²) in [5.74, 6) is 0. The summed E-state index contributed by atoms with van der Waals surface area (Å²) in [6.45, 7) is 5.94. The number of hydrogen-bond donors (Lipinski definition) is 1. The summed E-state index contributed by atoms with van der Waals surface area (Å²) in [7, 11) is 0. The molecule has 1 atom stereocenters. The van der Waals surface area contributed by atoms with Crippen molar-refractivity contribution in [2.45, 2.75) is 26.4 Å². The van der Waals surface area contributed by atoms with Crippen LogP contribution in [0.4, 0.5) is 0 Å². The molecule has 94 valence electrons. The Labute approximate surface area is 117 Å². The van der Waals surface area contributed by atoms with Crippen LogP contribution >= 0.6 is 15.9 Å². The van der Waals surface area contributed by atoms with Crippen molar-refractivity contribution in [3.63, 3.8) is 0 Å². The predicted octanol–water partition coefficient (Wildman–Crippen LogP) is 4.32. The van der Waals surface area contributed by atoms with E-state index in [1.165, 1.54) is 11.1 Å². The van der Waals surface area contributed by atoms with Crippen LogP contribution in [0.5, 0.6) is 0 Å². The van der Waals surface area contributed by atoms with E-state index in [1.54, 1.807) is 0 Å². The average Bonchev–Trinajstić information content (AvgIpc) is 2.28. The predicted molar refractivity (Wildman–Crippen MR) is 78.7 cm³/mol. The maximum absolute atomic E-state index is 10.8. The third-order valence-electron chi connectivity index (χ3n) is 3.19. The first-order chi connectivity index (χ1) is 8.39. The lowest BCUT2D eigenvalue weighted by atomic mass is 9.86. The first-order valence-corrected chi connectivity index (χ1v) is 6.76. The highest BCUT2D eigenvalue weighted by Gasteiger charge is 2.25. The summed E-state index contributed by atoms with van der Waals surface area (Å²) in [4.78, 5) is 0. The van der Waals surface area contributed by atoms with Crippen molar-refractivity contribution in [2.24, 2.45) is 0 Å². The summed E-state index contributed by atoms with van der Waals surface area (Å²) in [5.41, 5.74) is 3.21. The van der Waals surface area contributed by atoms with Gasteiger partial charge in [0.25, 0.3) is 0 Å². The van der Waals surface area contributed by atoms with Gasteiger partial charge in [0.05, 0.1) is 0 Å². The number of halogens is 1. The minimum atomic E-state index is -0.961. The molecule has 1 N–H and O–H groups in total. The Bertz CT molecular complexity index is 536. The molecule has 2 heteroatoms. The molecule has 0 bridgehead atoms. The van der Waals surface area contributed by atoms with Crippen LogP contribution in [0.1, 0.15) is 29.2 Å². The quantitative estimate of drug-likeness (QED) is 0.876. The van der Waals surface area contributed by atoms with Gasteiger partial charge < -0.3 is 5.11 Å². The van der Waals surface area contributed by atoms with Gasteiger partial charge in [-0.25, -0.2) is 0 Å². The second kappa shape index (κ2) is 4.87. The summed E-state index contributed by atoms with van der Waals surface area (Å²) in [5, 5.41) is 10.8. The molecular formula is C16H17BrO. The molecule has 2 aromatic rings. The van der Waals surface area contributed by atoms with Crippen LogP contribution in [0.3, 0.4) is 0 Å². The Kier molecular flexibility index (Phi) is 3.60. The minimum Gasteiger partial charge on any atom is -0.381 e.